The number of nitrogens with zero attached hydrogens (tertiary/aromatic N) is 3. The molecule has 1 fully saturated rings. The van der Waals surface area contributed by atoms with Gasteiger partial charge in [0, 0.05) is 25.2 Å². The zero-order chi connectivity index (χ0) is 11.4. The Hall–Kier alpha value is -1.34. The Labute approximate surface area is 90.8 Å². The fourth-order valence-electron chi connectivity index (χ4n) is 1.80. The molecule has 1 saturated heterocycles. The van der Waals surface area contributed by atoms with Crippen molar-refractivity contribution in [3.63, 3.8) is 0 Å². The lowest BCUT2D eigenvalue weighted by Gasteiger charge is -2.39. The minimum atomic E-state index is -0.0247. The Bertz CT molecular complexity index is 305. The summed E-state index contributed by atoms with van der Waals surface area (Å²) in [4.78, 5) is 15.7. The van der Waals surface area contributed by atoms with Crippen LogP contribution in [0.3, 0.4) is 0 Å². The molecule has 4 nitrogen and oxygen atoms in total. The van der Waals surface area contributed by atoms with E-state index in [1.807, 2.05) is 7.05 Å². The van der Waals surface area contributed by atoms with Crippen molar-refractivity contribution in [2.45, 2.75) is 19.4 Å². The van der Waals surface area contributed by atoms with Crippen LogP contribution in [0.2, 0.25) is 0 Å². The van der Waals surface area contributed by atoms with E-state index in [0.717, 1.165) is 13.1 Å². The van der Waals surface area contributed by atoms with Gasteiger partial charge in [-0.15, -0.1) is 0 Å². The number of nitriles is 1. The van der Waals surface area contributed by atoms with Gasteiger partial charge in [-0.2, -0.15) is 5.26 Å². The SMILES string of the molecule is C=C(C)C(=O)N1CCN(C)C[C@@H]1CC#N. The predicted molar refractivity (Wildman–Crippen MR) is 58.0 cm³/mol. The maximum Gasteiger partial charge on any atom is 0.249 e. The summed E-state index contributed by atoms with van der Waals surface area (Å²) in [7, 11) is 2.01. The van der Waals surface area contributed by atoms with Gasteiger partial charge < -0.3 is 9.80 Å². The van der Waals surface area contributed by atoms with Crippen LogP contribution in [-0.2, 0) is 4.79 Å². The van der Waals surface area contributed by atoms with Crippen molar-refractivity contribution in [2.75, 3.05) is 26.7 Å². The Kier molecular flexibility index (Phi) is 3.87. The van der Waals surface area contributed by atoms with Gasteiger partial charge in [-0.25, -0.2) is 0 Å². The summed E-state index contributed by atoms with van der Waals surface area (Å²) in [6.07, 6.45) is 0.392. The largest absolute Gasteiger partial charge is 0.332 e. The standard InChI is InChI=1S/C11H17N3O/c1-9(2)11(15)14-7-6-13(3)8-10(14)4-5-12/h10H,1,4,6-8H2,2-3H3/t10-/m0/s1. The molecular formula is C11H17N3O. The zero-order valence-electron chi connectivity index (χ0n) is 9.36. The van der Waals surface area contributed by atoms with Crippen molar-refractivity contribution < 1.29 is 4.79 Å². The van der Waals surface area contributed by atoms with E-state index >= 15 is 0 Å². The van der Waals surface area contributed by atoms with E-state index in [1.165, 1.54) is 0 Å². The number of carbonyl (C=O) groups excluding carboxylic acids is 1. The van der Waals surface area contributed by atoms with E-state index in [9.17, 15) is 4.79 Å². The average molecular weight is 207 g/mol. The molecule has 0 N–H and O–H groups in total. The second-order valence-electron chi connectivity index (χ2n) is 4.06. The highest BCUT2D eigenvalue weighted by Gasteiger charge is 2.28. The van der Waals surface area contributed by atoms with Gasteiger partial charge in [0.1, 0.15) is 0 Å². The smallest absolute Gasteiger partial charge is 0.249 e. The van der Waals surface area contributed by atoms with Crippen LogP contribution in [0.15, 0.2) is 12.2 Å². The van der Waals surface area contributed by atoms with E-state index in [4.69, 9.17) is 5.26 Å². The molecule has 1 rings (SSSR count). The fraction of sp³-hybridized carbons (Fsp3) is 0.636. The van der Waals surface area contributed by atoms with Gasteiger partial charge in [0.15, 0.2) is 0 Å². The van der Waals surface area contributed by atoms with Crippen molar-refractivity contribution in [3.05, 3.63) is 12.2 Å². The zero-order valence-corrected chi connectivity index (χ0v) is 9.36. The van der Waals surface area contributed by atoms with Gasteiger partial charge in [-0.05, 0) is 14.0 Å². The second-order valence-corrected chi connectivity index (χ2v) is 4.06. The van der Waals surface area contributed by atoms with Crippen molar-refractivity contribution in [2.24, 2.45) is 0 Å². The summed E-state index contributed by atoms with van der Waals surface area (Å²) < 4.78 is 0. The third kappa shape index (κ3) is 2.80. The van der Waals surface area contributed by atoms with E-state index in [1.54, 1.807) is 11.8 Å². The van der Waals surface area contributed by atoms with Crippen molar-refractivity contribution in [1.29, 1.82) is 5.26 Å². The predicted octanol–water partition coefficient (Wildman–Crippen LogP) is 0.619. The first-order valence-electron chi connectivity index (χ1n) is 5.08. The Balaban J connectivity index is 2.73. The van der Waals surface area contributed by atoms with E-state index in [-0.39, 0.29) is 11.9 Å². The first-order valence-corrected chi connectivity index (χ1v) is 5.08. The number of likely N-dealkylation sites (N-methyl/N-ethyl adjacent to an activating group) is 1. The monoisotopic (exact) mass is 207 g/mol. The van der Waals surface area contributed by atoms with Crippen LogP contribution < -0.4 is 0 Å². The molecule has 15 heavy (non-hydrogen) atoms. The van der Waals surface area contributed by atoms with Crippen LogP contribution in [0.4, 0.5) is 0 Å². The lowest BCUT2D eigenvalue weighted by molar-refractivity contribution is -0.131. The third-order valence-corrected chi connectivity index (χ3v) is 2.64. The fourth-order valence-corrected chi connectivity index (χ4v) is 1.80. The number of piperazine rings is 1. The number of rotatable bonds is 2. The van der Waals surface area contributed by atoms with Gasteiger partial charge >= 0.3 is 0 Å². The summed E-state index contributed by atoms with van der Waals surface area (Å²) in [6, 6.07) is 2.14. The van der Waals surface area contributed by atoms with Gasteiger partial charge in [-0.1, -0.05) is 6.58 Å². The Morgan fingerprint density at radius 2 is 2.27 bits per heavy atom. The van der Waals surface area contributed by atoms with Gasteiger partial charge in [0.25, 0.3) is 0 Å². The van der Waals surface area contributed by atoms with Crippen LogP contribution in [-0.4, -0.2) is 48.4 Å². The summed E-state index contributed by atoms with van der Waals surface area (Å²) in [6.45, 7) is 7.69. The minimum Gasteiger partial charge on any atom is -0.332 e. The molecule has 1 atom stereocenters. The first-order chi connectivity index (χ1) is 7.06. The van der Waals surface area contributed by atoms with Crippen LogP contribution in [0.25, 0.3) is 0 Å². The van der Waals surface area contributed by atoms with Gasteiger partial charge in [-0.3, -0.25) is 4.79 Å². The van der Waals surface area contributed by atoms with Crippen molar-refractivity contribution in [3.8, 4) is 6.07 Å². The molecule has 82 valence electrons. The summed E-state index contributed by atoms with van der Waals surface area (Å²) >= 11 is 0. The maximum atomic E-state index is 11.8. The van der Waals surface area contributed by atoms with Gasteiger partial charge in [0.2, 0.25) is 5.91 Å². The van der Waals surface area contributed by atoms with Crippen LogP contribution >= 0.6 is 0 Å². The van der Waals surface area contributed by atoms with Crippen molar-refractivity contribution >= 4 is 5.91 Å². The molecule has 1 aliphatic heterocycles. The number of carbonyl (C=O) groups is 1. The van der Waals surface area contributed by atoms with Crippen LogP contribution in [0.5, 0.6) is 0 Å². The van der Waals surface area contributed by atoms with E-state index in [2.05, 4.69) is 17.5 Å². The molecular weight excluding hydrogens is 190 g/mol. The summed E-state index contributed by atoms with van der Waals surface area (Å²) in [5.74, 6) is -0.0247. The maximum absolute atomic E-state index is 11.8. The molecule has 0 bridgehead atoms. The highest BCUT2D eigenvalue weighted by molar-refractivity contribution is 5.92. The lowest BCUT2D eigenvalue weighted by Crippen LogP contribution is -2.54. The van der Waals surface area contributed by atoms with E-state index < -0.39 is 0 Å². The number of hydrogen-bond acceptors (Lipinski definition) is 3. The summed E-state index contributed by atoms with van der Waals surface area (Å²) in [5, 5.41) is 8.71. The number of amides is 1. The second kappa shape index (κ2) is 4.94. The topological polar surface area (TPSA) is 47.3 Å². The molecule has 0 aromatic rings. The van der Waals surface area contributed by atoms with E-state index in [0.29, 0.717) is 18.5 Å². The first kappa shape index (κ1) is 11.7. The van der Waals surface area contributed by atoms with Crippen molar-refractivity contribution in [1.82, 2.24) is 9.80 Å². The number of hydrogen-bond donors (Lipinski definition) is 0. The molecule has 4 heteroatoms. The molecule has 1 heterocycles. The minimum absolute atomic E-state index is 0.0120. The highest BCUT2D eigenvalue weighted by atomic mass is 16.2. The Morgan fingerprint density at radius 3 is 2.80 bits per heavy atom. The molecule has 0 aromatic carbocycles. The molecule has 0 aromatic heterocycles. The Morgan fingerprint density at radius 1 is 1.60 bits per heavy atom. The molecule has 1 amide bonds. The van der Waals surface area contributed by atoms with Crippen LogP contribution in [0, 0.1) is 11.3 Å². The average Bonchev–Trinajstić information content (AvgIpc) is 2.17. The lowest BCUT2D eigenvalue weighted by atomic mass is 10.1. The third-order valence-electron chi connectivity index (χ3n) is 2.64. The van der Waals surface area contributed by atoms with Gasteiger partial charge in [0.05, 0.1) is 18.5 Å². The molecule has 0 unspecified atom stereocenters. The highest BCUT2D eigenvalue weighted by Crippen LogP contribution is 2.13. The molecule has 0 aliphatic carbocycles. The molecule has 1 aliphatic rings. The normalized spacial score (nSPS) is 22.2. The molecule has 0 radical (unpaired) electrons. The summed E-state index contributed by atoms with van der Waals surface area (Å²) in [5.41, 5.74) is 0.544. The molecule has 0 saturated carbocycles. The quantitative estimate of drug-likeness (QED) is 0.624. The molecule has 0 spiro atoms. The van der Waals surface area contributed by atoms with Crippen LogP contribution in [0.1, 0.15) is 13.3 Å².